The number of rotatable bonds is 2. The summed E-state index contributed by atoms with van der Waals surface area (Å²) in [6.45, 7) is 4.42. The highest BCUT2D eigenvalue weighted by atomic mass is 16.1. The Kier molecular flexibility index (Phi) is 4.03. The van der Waals surface area contributed by atoms with Gasteiger partial charge in [-0.3, -0.25) is 4.79 Å². The standard InChI is InChI=1S/C15H23NO/c1-11(2)9-14-13-8-6-4-3-5-7-12(13)10-15(17)16-14/h10-11H,3-9H2,1-2H3,(H,16,17). The summed E-state index contributed by atoms with van der Waals surface area (Å²) < 4.78 is 0. The maximum Gasteiger partial charge on any atom is 0.248 e. The second-order valence-electron chi connectivity index (χ2n) is 5.63. The van der Waals surface area contributed by atoms with Gasteiger partial charge in [-0.1, -0.05) is 26.7 Å². The third-order valence-electron chi connectivity index (χ3n) is 3.57. The van der Waals surface area contributed by atoms with Crippen LogP contribution in [0.25, 0.3) is 0 Å². The summed E-state index contributed by atoms with van der Waals surface area (Å²) in [6.07, 6.45) is 8.38. The third kappa shape index (κ3) is 3.21. The quantitative estimate of drug-likeness (QED) is 0.835. The second kappa shape index (κ2) is 5.52. The van der Waals surface area contributed by atoms with E-state index in [9.17, 15) is 4.79 Å². The van der Waals surface area contributed by atoms with E-state index in [4.69, 9.17) is 0 Å². The van der Waals surface area contributed by atoms with Crippen LogP contribution in [0.2, 0.25) is 0 Å². The lowest BCUT2D eigenvalue weighted by Gasteiger charge is -2.18. The maximum atomic E-state index is 11.7. The normalized spacial score (nSPS) is 16.4. The smallest absolute Gasteiger partial charge is 0.248 e. The summed E-state index contributed by atoms with van der Waals surface area (Å²) in [5, 5.41) is 0. The second-order valence-corrected chi connectivity index (χ2v) is 5.63. The van der Waals surface area contributed by atoms with E-state index in [1.807, 2.05) is 6.07 Å². The van der Waals surface area contributed by atoms with Crippen molar-refractivity contribution in [1.29, 1.82) is 0 Å². The molecule has 0 saturated heterocycles. The lowest BCUT2D eigenvalue weighted by Crippen LogP contribution is -2.17. The Hall–Kier alpha value is -1.05. The number of hydrogen-bond acceptors (Lipinski definition) is 1. The van der Waals surface area contributed by atoms with Crippen molar-refractivity contribution in [1.82, 2.24) is 4.98 Å². The fourth-order valence-corrected chi connectivity index (χ4v) is 2.79. The van der Waals surface area contributed by atoms with Crippen molar-refractivity contribution >= 4 is 0 Å². The zero-order valence-electron chi connectivity index (χ0n) is 11.0. The van der Waals surface area contributed by atoms with Crippen LogP contribution < -0.4 is 5.56 Å². The van der Waals surface area contributed by atoms with Gasteiger partial charge in [0.15, 0.2) is 0 Å². The predicted molar refractivity (Wildman–Crippen MR) is 71.5 cm³/mol. The first-order valence-electron chi connectivity index (χ1n) is 6.91. The molecular formula is C15H23NO. The molecule has 1 N–H and O–H groups in total. The van der Waals surface area contributed by atoms with Crippen LogP contribution in [0.4, 0.5) is 0 Å². The van der Waals surface area contributed by atoms with Gasteiger partial charge < -0.3 is 4.98 Å². The molecule has 2 heteroatoms. The molecule has 0 aliphatic heterocycles. The first-order chi connectivity index (χ1) is 8.16. The first-order valence-corrected chi connectivity index (χ1v) is 6.91. The molecular weight excluding hydrogens is 210 g/mol. The Labute approximate surface area is 103 Å². The Bertz CT molecular complexity index is 431. The molecule has 1 aliphatic carbocycles. The molecule has 1 aliphatic rings. The molecule has 0 atom stereocenters. The molecule has 0 amide bonds. The van der Waals surface area contributed by atoms with Crippen molar-refractivity contribution in [3.8, 4) is 0 Å². The van der Waals surface area contributed by atoms with Crippen LogP contribution in [-0.2, 0) is 19.3 Å². The molecule has 2 nitrogen and oxygen atoms in total. The van der Waals surface area contributed by atoms with Crippen LogP contribution in [0.15, 0.2) is 10.9 Å². The van der Waals surface area contributed by atoms with E-state index in [1.165, 1.54) is 42.5 Å². The zero-order chi connectivity index (χ0) is 12.3. The van der Waals surface area contributed by atoms with Gasteiger partial charge >= 0.3 is 0 Å². The van der Waals surface area contributed by atoms with Gasteiger partial charge in [-0.2, -0.15) is 0 Å². The maximum absolute atomic E-state index is 11.7. The SMILES string of the molecule is CC(C)Cc1[nH]c(=O)cc2c1CCCCCC2. The number of H-pyrrole nitrogens is 1. The monoisotopic (exact) mass is 233 g/mol. The van der Waals surface area contributed by atoms with Crippen LogP contribution >= 0.6 is 0 Å². The molecule has 1 heterocycles. The van der Waals surface area contributed by atoms with Gasteiger partial charge in [-0.25, -0.2) is 0 Å². The summed E-state index contributed by atoms with van der Waals surface area (Å²) in [6, 6.07) is 1.82. The molecule has 1 aromatic heterocycles. The molecule has 17 heavy (non-hydrogen) atoms. The Morgan fingerprint density at radius 2 is 1.88 bits per heavy atom. The van der Waals surface area contributed by atoms with E-state index in [0.717, 1.165) is 19.3 Å². The molecule has 0 radical (unpaired) electrons. The van der Waals surface area contributed by atoms with Gasteiger partial charge in [0.05, 0.1) is 0 Å². The van der Waals surface area contributed by atoms with E-state index in [1.54, 1.807) is 0 Å². The van der Waals surface area contributed by atoms with Crippen molar-refractivity contribution in [3.63, 3.8) is 0 Å². The molecule has 0 saturated carbocycles. The van der Waals surface area contributed by atoms with E-state index in [2.05, 4.69) is 18.8 Å². The summed E-state index contributed by atoms with van der Waals surface area (Å²) in [5.74, 6) is 0.600. The number of pyridine rings is 1. The van der Waals surface area contributed by atoms with Crippen LogP contribution in [0.3, 0.4) is 0 Å². The molecule has 0 bridgehead atoms. The van der Waals surface area contributed by atoms with Crippen LogP contribution in [0, 0.1) is 5.92 Å². The highest BCUT2D eigenvalue weighted by Crippen LogP contribution is 2.22. The van der Waals surface area contributed by atoms with E-state index < -0.39 is 0 Å². The Morgan fingerprint density at radius 3 is 2.59 bits per heavy atom. The average molecular weight is 233 g/mol. The van der Waals surface area contributed by atoms with Gasteiger partial charge in [0.25, 0.3) is 0 Å². The van der Waals surface area contributed by atoms with Crippen molar-refractivity contribution in [2.75, 3.05) is 0 Å². The number of nitrogens with one attached hydrogen (secondary N) is 1. The molecule has 94 valence electrons. The average Bonchev–Trinajstić information content (AvgIpc) is 2.19. The summed E-state index contributed by atoms with van der Waals surface area (Å²) >= 11 is 0. The molecule has 1 aromatic rings. The molecule has 0 unspecified atom stereocenters. The number of aryl methyl sites for hydroxylation is 1. The van der Waals surface area contributed by atoms with Crippen molar-refractivity contribution in [3.05, 3.63) is 33.2 Å². The van der Waals surface area contributed by atoms with Crippen molar-refractivity contribution in [2.24, 2.45) is 5.92 Å². The number of hydrogen-bond donors (Lipinski definition) is 1. The first kappa shape index (κ1) is 12.4. The molecule has 0 fully saturated rings. The van der Waals surface area contributed by atoms with Crippen LogP contribution in [0.1, 0.15) is 56.4 Å². The lowest BCUT2D eigenvalue weighted by atomic mass is 9.90. The molecule has 0 spiro atoms. The molecule has 2 rings (SSSR count). The van der Waals surface area contributed by atoms with Crippen LogP contribution in [0.5, 0.6) is 0 Å². The Balaban J connectivity index is 2.39. The topological polar surface area (TPSA) is 32.9 Å². The van der Waals surface area contributed by atoms with Gasteiger partial charge in [-0.15, -0.1) is 0 Å². The zero-order valence-corrected chi connectivity index (χ0v) is 11.0. The van der Waals surface area contributed by atoms with E-state index in [0.29, 0.717) is 5.92 Å². The Morgan fingerprint density at radius 1 is 1.18 bits per heavy atom. The number of aromatic nitrogens is 1. The van der Waals surface area contributed by atoms with Crippen molar-refractivity contribution in [2.45, 2.75) is 58.8 Å². The van der Waals surface area contributed by atoms with Crippen molar-refractivity contribution < 1.29 is 0 Å². The highest BCUT2D eigenvalue weighted by Gasteiger charge is 2.13. The number of aromatic amines is 1. The fourth-order valence-electron chi connectivity index (χ4n) is 2.79. The van der Waals surface area contributed by atoms with Gasteiger partial charge in [0.1, 0.15) is 0 Å². The minimum Gasteiger partial charge on any atom is -0.326 e. The summed E-state index contributed by atoms with van der Waals surface area (Å²) in [4.78, 5) is 14.7. The summed E-state index contributed by atoms with van der Waals surface area (Å²) in [7, 11) is 0. The highest BCUT2D eigenvalue weighted by molar-refractivity contribution is 5.31. The van der Waals surface area contributed by atoms with E-state index in [-0.39, 0.29) is 5.56 Å². The third-order valence-corrected chi connectivity index (χ3v) is 3.57. The number of fused-ring (bicyclic) bond motifs is 1. The predicted octanol–water partition coefficient (Wildman–Crippen LogP) is 3.23. The minimum absolute atomic E-state index is 0.0833. The van der Waals surface area contributed by atoms with Gasteiger partial charge in [-0.05, 0) is 49.1 Å². The fraction of sp³-hybridized carbons (Fsp3) is 0.667. The van der Waals surface area contributed by atoms with E-state index >= 15 is 0 Å². The minimum atomic E-state index is 0.0833. The van der Waals surface area contributed by atoms with Gasteiger partial charge in [0, 0.05) is 11.8 Å². The lowest BCUT2D eigenvalue weighted by molar-refractivity contribution is 0.592. The molecule has 0 aromatic carbocycles. The largest absolute Gasteiger partial charge is 0.326 e. The van der Waals surface area contributed by atoms with Gasteiger partial charge in [0.2, 0.25) is 5.56 Å². The summed E-state index contributed by atoms with van der Waals surface area (Å²) in [5.41, 5.74) is 4.03. The van der Waals surface area contributed by atoms with Crippen LogP contribution in [-0.4, -0.2) is 4.98 Å².